The summed E-state index contributed by atoms with van der Waals surface area (Å²) in [5.41, 5.74) is 2.00. The van der Waals surface area contributed by atoms with Crippen LogP contribution in [0.5, 0.6) is 11.5 Å². The zero-order chi connectivity index (χ0) is 19.3. The second-order valence-corrected chi connectivity index (χ2v) is 7.95. The van der Waals surface area contributed by atoms with Gasteiger partial charge in [0, 0.05) is 38.9 Å². The number of methoxy groups -OCH3 is 2. The zero-order valence-electron chi connectivity index (χ0n) is 15.9. The first-order chi connectivity index (χ1) is 12.3. The van der Waals surface area contributed by atoms with Crippen LogP contribution < -0.4 is 14.4 Å². The summed E-state index contributed by atoms with van der Waals surface area (Å²) in [5, 5.41) is 0. The van der Waals surface area contributed by atoms with Gasteiger partial charge >= 0.3 is 0 Å². The number of rotatable bonds is 8. The second-order valence-electron chi connectivity index (χ2n) is 6.01. The first-order valence-corrected chi connectivity index (χ1v) is 9.76. The summed E-state index contributed by atoms with van der Waals surface area (Å²) in [6.07, 6.45) is 0. The SMILES string of the molecule is CCN(Cc1ccc(N(C)C)cc1)S(=O)(=O)c1ccc(OC)c(OC)c1. The van der Waals surface area contributed by atoms with Gasteiger partial charge in [0.25, 0.3) is 0 Å². The van der Waals surface area contributed by atoms with Gasteiger partial charge in [0.1, 0.15) is 0 Å². The van der Waals surface area contributed by atoms with Crippen molar-refractivity contribution in [1.82, 2.24) is 4.31 Å². The molecule has 0 spiro atoms. The predicted octanol–water partition coefficient (Wildman–Crippen LogP) is 2.98. The van der Waals surface area contributed by atoms with Crippen molar-refractivity contribution < 1.29 is 17.9 Å². The molecule has 0 aliphatic rings. The third-order valence-electron chi connectivity index (χ3n) is 4.16. The lowest BCUT2D eigenvalue weighted by atomic mass is 10.2. The Labute approximate surface area is 156 Å². The summed E-state index contributed by atoms with van der Waals surface area (Å²) in [5.74, 6) is 0.883. The predicted molar refractivity (Wildman–Crippen MR) is 104 cm³/mol. The van der Waals surface area contributed by atoms with Gasteiger partial charge in [0.2, 0.25) is 10.0 Å². The van der Waals surface area contributed by atoms with Crippen molar-refractivity contribution in [3.05, 3.63) is 48.0 Å². The monoisotopic (exact) mass is 378 g/mol. The van der Waals surface area contributed by atoms with Gasteiger partial charge in [-0.05, 0) is 29.8 Å². The summed E-state index contributed by atoms with van der Waals surface area (Å²) >= 11 is 0. The highest BCUT2D eigenvalue weighted by atomic mass is 32.2. The van der Waals surface area contributed by atoms with E-state index in [2.05, 4.69) is 0 Å². The molecule has 0 aliphatic carbocycles. The lowest BCUT2D eigenvalue weighted by molar-refractivity contribution is 0.353. The van der Waals surface area contributed by atoms with Crippen molar-refractivity contribution in [3.8, 4) is 11.5 Å². The van der Waals surface area contributed by atoms with Gasteiger partial charge < -0.3 is 14.4 Å². The molecular formula is C19H26N2O4S. The van der Waals surface area contributed by atoms with Gasteiger partial charge in [-0.3, -0.25) is 0 Å². The fraction of sp³-hybridized carbons (Fsp3) is 0.368. The number of nitrogens with zero attached hydrogens (tertiary/aromatic N) is 2. The van der Waals surface area contributed by atoms with Crippen LogP contribution >= 0.6 is 0 Å². The zero-order valence-corrected chi connectivity index (χ0v) is 16.7. The quantitative estimate of drug-likeness (QED) is 0.707. The Morgan fingerprint density at radius 1 is 0.923 bits per heavy atom. The average Bonchev–Trinajstić information content (AvgIpc) is 2.65. The minimum atomic E-state index is -3.65. The van der Waals surface area contributed by atoms with E-state index in [1.54, 1.807) is 6.07 Å². The minimum absolute atomic E-state index is 0.182. The van der Waals surface area contributed by atoms with Gasteiger partial charge in [0.15, 0.2) is 11.5 Å². The molecule has 0 fully saturated rings. The maximum atomic E-state index is 13.0. The molecular weight excluding hydrogens is 352 g/mol. The van der Waals surface area contributed by atoms with Crippen molar-refractivity contribution in [2.24, 2.45) is 0 Å². The van der Waals surface area contributed by atoms with Gasteiger partial charge in [-0.15, -0.1) is 0 Å². The van der Waals surface area contributed by atoms with E-state index in [-0.39, 0.29) is 4.90 Å². The standard InChI is InChI=1S/C19H26N2O4S/c1-6-21(14-15-7-9-16(10-8-15)20(2)3)26(22,23)17-11-12-18(24-4)19(13-17)25-5/h7-13H,6,14H2,1-5H3. The second kappa shape index (κ2) is 8.42. The van der Waals surface area contributed by atoms with Crippen LogP contribution in [0, 0.1) is 0 Å². The van der Waals surface area contributed by atoms with Gasteiger partial charge in [-0.25, -0.2) is 8.42 Å². The molecule has 0 amide bonds. The van der Waals surface area contributed by atoms with E-state index in [1.165, 1.54) is 30.7 Å². The summed E-state index contributed by atoms with van der Waals surface area (Å²) in [6, 6.07) is 12.5. The Morgan fingerprint density at radius 2 is 1.54 bits per heavy atom. The molecule has 2 rings (SSSR count). The Bertz CT molecular complexity index is 833. The molecule has 0 heterocycles. The first kappa shape index (κ1) is 20.1. The van der Waals surface area contributed by atoms with Crippen molar-refractivity contribution in [3.63, 3.8) is 0 Å². The van der Waals surface area contributed by atoms with Gasteiger partial charge in [-0.2, -0.15) is 4.31 Å². The van der Waals surface area contributed by atoms with E-state index in [9.17, 15) is 8.42 Å². The molecule has 26 heavy (non-hydrogen) atoms. The lowest BCUT2D eigenvalue weighted by Gasteiger charge is -2.22. The first-order valence-electron chi connectivity index (χ1n) is 8.32. The smallest absolute Gasteiger partial charge is 0.243 e. The van der Waals surface area contributed by atoms with E-state index in [4.69, 9.17) is 9.47 Å². The van der Waals surface area contributed by atoms with Crippen molar-refractivity contribution >= 4 is 15.7 Å². The molecule has 0 N–H and O–H groups in total. The Balaban J connectivity index is 2.30. The number of benzene rings is 2. The van der Waals surface area contributed by atoms with Crippen LogP contribution in [0.4, 0.5) is 5.69 Å². The third-order valence-corrected chi connectivity index (χ3v) is 6.07. The van der Waals surface area contributed by atoms with Crippen LogP contribution in [-0.4, -0.2) is 47.6 Å². The Hall–Kier alpha value is -2.25. The third kappa shape index (κ3) is 4.28. The molecule has 0 atom stereocenters. The lowest BCUT2D eigenvalue weighted by Crippen LogP contribution is -2.30. The van der Waals surface area contributed by atoms with E-state index in [0.717, 1.165) is 11.3 Å². The normalized spacial score (nSPS) is 11.5. The Kier molecular flexibility index (Phi) is 6.50. The van der Waals surface area contributed by atoms with E-state index < -0.39 is 10.0 Å². The molecule has 6 nitrogen and oxygen atoms in total. The summed E-state index contributed by atoms with van der Waals surface area (Å²) in [6.45, 7) is 2.50. The number of hydrogen-bond donors (Lipinski definition) is 0. The molecule has 2 aromatic rings. The molecule has 0 saturated carbocycles. The molecule has 0 bridgehead atoms. The van der Waals surface area contributed by atoms with Crippen LogP contribution in [0.1, 0.15) is 12.5 Å². The molecule has 2 aromatic carbocycles. The molecule has 0 radical (unpaired) electrons. The van der Waals surface area contributed by atoms with E-state index >= 15 is 0 Å². The Morgan fingerprint density at radius 3 is 2.04 bits per heavy atom. The maximum Gasteiger partial charge on any atom is 0.243 e. The van der Waals surface area contributed by atoms with Crippen LogP contribution in [0.15, 0.2) is 47.4 Å². The number of ether oxygens (including phenoxy) is 2. The molecule has 0 unspecified atom stereocenters. The van der Waals surface area contributed by atoms with Gasteiger partial charge in [0.05, 0.1) is 19.1 Å². The largest absolute Gasteiger partial charge is 0.493 e. The molecule has 0 saturated heterocycles. The molecule has 7 heteroatoms. The summed E-state index contributed by atoms with van der Waals surface area (Å²) in [4.78, 5) is 2.18. The highest BCUT2D eigenvalue weighted by molar-refractivity contribution is 7.89. The van der Waals surface area contributed by atoms with Crippen molar-refractivity contribution in [2.75, 3.05) is 39.8 Å². The van der Waals surface area contributed by atoms with Crippen molar-refractivity contribution in [1.29, 1.82) is 0 Å². The molecule has 0 aliphatic heterocycles. The van der Waals surface area contributed by atoms with Crippen LogP contribution in [0.25, 0.3) is 0 Å². The highest BCUT2D eigenvalue weighted by Gasteiger charge is 2.24. The minimum Gasteiger partial charge on any atom is -0.493 e. The summed E-state index contributed by atoms with van der Waals surface area (Å²) in [7, 11) is 3.29. The molecule has 142 valence electrons. The fourth-order valence-electron chi connectivity index (χ4n) is 2.60. The molecule has 0 aromatic heterocycles. The van der Waals surface area contributed by atoms with Crippen LogP contribution in [-0.2, 0) is 16.6 Å². The van der Waals surface area contributed by atoms with E-state index in [1.807, 2.05) is 50.2 Å². The van der Waals surface area contributed by atoms with Crippen LogP contribution in [0.2, 0.25) is 0 Å². The van der Waals surface area contributed by atoms with Gasteiger partial charge in [-0.1, -0.05) is 19.1 Å². The number of sulfonamides is 1. The highest BCUT2D eigenvalue weighted by Crippen LogP contribution is 2.31. The maximum absolute atomic E-state index is 13.0. The summed E-state index contributed by atoms with van der Waals surface area (Å²) < 4.78 is 37.9. The number of hydrogen-bond acceptors (Lipinski definition) is 5. The average molecular weight is 378 g/mol. The fourth-order valence-corrected chi connectivity index (χ4v) is 4.05. The number of anilines is 1. The van der Waals surface area contributed by atoms with Crippen molar-refractivity contribution in [2.45, 2.75) is 18.4 Å². The van der Waals surface area contributed by atoms with E-state index in [0.29, 0.717) is 24.6 Å². The topological polar surface area (TPSA) is 59.1 Å². The van der Waals surface area contributed by atoms with Crippen LogP contribution in [0.3, 0.4) is 0 Å².